The van der Waals surface area contributed by atoms with Gasteiger partial charge >= 0.3 is 0 Å². The smallest absolute Gasteiger partial charge is 0.0585 e. The molecule has 1 aliphatic carbocycles. The molecule has 2 atom stereocenters. The third-order valence-electron chi connectivity index (χ3n) is 4.64. The molecule has 0 bridgehead atoms. The summed E-state index contributed by atoms with van der Waals surface area (Å²) < 4.78 is 6.04. The van der Waals surface area contributed by atoms with Crippen LogP contribution in [0.25, 0.3) is 0 Å². The van der Waals surface area contributed by atoms with E-state index in [-0.39, 0.29) is 0 Å². The van der Waals surface area contributed by atoms with Gasteiger partial charge in [0.2, 0.25) is 0 Å². The summed E-state index contributed by atoms with van der Waals surface area (Å²) in [5, 5.41) is 3.59. The summed E-state index contributed by atoms with van der Waals surface area (Å²) in [6.07, 6.45) is 12.0. The van der Waals surface area contributed by atoms with Crippen molar-refractivity contribution in [1.29, 1.82) is 0 Å². The summed E-state index contributed by atoms with van der Waals surface area (Å²) in [6.45, 7) is 6.74. The van der Waals surface area contributed by atoms with Crippen LogP contribution in [0.4, 0.5) is 0 Å². The van der Waals surface area contributed by atoms with Crippen LogP contribution >= 0.6 is 0 Å². The van der Waals surface area contributed by atoms with E-state index in [0.29, 0.717) is 17.6 Å². The van der Waals surface area contributed by atoms with Gasteiger partial charge in [-0.05, 0) is 51.0 Å². The number of hydrogen-bond acceptors (Lipinski definition) is 2. The molecule has 1 saturated heterocycles. The molecule has 0 aromatic heterocycles. The second kappa shape index (κ2) is 6.19. The van der Waals surface area contributed by atoms with Crippen LogP contribution in [0, 0.1) is 5.41 Å². The van der Waals surface area contributed by atoms with Crippen LogP contribution in [-0.2, 0) is 4.74 Å². The highest BCUT2D eigenvalue weighted by Crippen LogP contribution is 2.42. The molecule has 2 heteroatoms. The van der Waals surface area contributed by atoms with Crippen LogP contribution in [0.2, 0.25) is 0 Å². The molecule has 1 saturated carbocycles. The Morgan fingerprint density at radius 3 is 2.53 bits per heavy atom. The first-order valence-corrected chi connectivity index (χ1v) is 7.60. The Morgan fingerprint density at radius 1 is 1.18 bits per heavy atom. The van der Waals surface area contributed by atoms with E-state index < -0.39 is 0 Å². The van der Waals surface area contributed by atoms with Gasteiger partial charge in [-0.2, -0.15) is 0 Å². The monoisotopic (exact) mass is 239 g/mol. The van der Waals surface area contributed by atoms with Crippen LogP contribution in [-0.4, -0.2) is 25.3 Å². The molecule has 2 aliphatic rings. The highest BCUT2D eigenvalue weighted by atomic mass is 16.5. The molecule has 0 aromatic rings. The van der Waals surface area contributed by atoms with E-state index in [1.165, 1.54) is 57.9 Å². The van der Waals surface area contributed by atoms with Crippen molar-refractivity contribution < 1.29 is 4.74 Å². The van der Waals surface area contributed by atoms with Gasteiger partial charge in [0.05, 0.1) is 12.2 Å². The van der Waals surface area contributed by atoms with Crippen LogP contribution in [0.5, 0.6) is 0 Å². The first-order valence-electron chi connectivity index (χ1n) is 7.60. The Labute approximate surface area is 107 Å². The highest BCUT2D eigenvalue weighted by Gasteiger charge is 2.36. The molecule has 2 unspecified atom stereocenters. The number of hydrogen-bond donors (Lipinski definition) is 1. The number of rotatable bonds is 5. The predicted molar refractivity (Wildman–Crippen MR) is 72.2 cm³/mol. The quantitative estimate of drug-likeness (QED) is 0.793. The molecule has 2 fully saturated rings. The van der Waals surface area contributed by atoms with E-state index in [4.69, 9.17) is 4.74 Å². The van der Waals surface area contributed by atoms with Gasteiger partial charge in [0.1, 0.15) is 0 Å². The lowest BCUT2D eigenvalue weighted by atomic mass is 9.70. The molecule has 0 radical (unpaired) electrons. The van der Waals surface area contributed by atoms with E-state index in [1.54, 1.807) is 0 Å². The molecule has 2 nitrogen and oxygen atoms in total. The van der Waals surface area contributed by atoms with E-state index in [2.05, 4.69) is 19.2 Å². The van der Waals surface area contributed by atoms with Gasteiger partial charge in [-0.25, -0.2) is 0 Å². The molecular formula is C15H29NO. The molecule has 0 aromatic carbocycles. The minimum Gasteiger partial charge on any atom is -0.375 e. The molecule has 100 valence electrons. The fourth-order valence-corrected chi connectivity index (χ4v) is 3.66. The van der Waals surface area contributed by atoms with Crippen LogP contribution in [0.15, 0.2) is 0 Å². The van der Waals surface area contributed by atoms with Gasteiger partial charge in [0.25, 0.3) is 0 Å². The molecule has 0 spiro atoms. The summed E-state index contributed by atoms with van der Waals surface area (Å²) >= 11 is 0. The van der Waals surface area contributed by atoms with Crippen LogP contribution in [0.3, 0.4) is 0 Å². The molecule has 2 rings (SSSR count). The standard InChI is InChI=1S/C15H29NO/c1-3-16-12-15(9-5-4-6-10-15)11-14-8-7-13(2)17-14/h13-14,16H,3-12H2,1-2H3. The molecule has 0 amide bonds. The second-order valence-electron chi connectivity index (χ2n) is 6.19. The lowest BCUT2D eigenvalue weighted by Crippen LogP contribution is -2.38. The van der Waals surface area contributed by atoms with Gasteiger partial charge in [-0.3, -0.25) is 0 Å². The van der Waals surface area contributed by atoms with E-state index >= 15 is 0 Å². The average molecular weight is 239 g/mol. The van der Waals surface area contributed by atoms with Crippen molar-refractivity contribution in [2.24, 2.45) is 5.41 Å². The third-order valence-corrected chi connectivity index (χ3v) is 4.64. The first kappa shape index (κ1) is 13.4. The zero-order chi connectivity index (χ0) is 12.1. The van der Waals surface area contributed by atoms with Crippen molar-refractivity contribution in [1.82, 2.24) is 5.32 Å². The molecule has 1 heterocycles. The summed E-state index contributed by atoms with van der Waals surface area (Å²) in [5.41, 5.74) is 0.545. The molecule has 17 heavy (non-hydrogen) atoms. The maximum atomic E-state index is 6.04. The molecule has 1 N–H and O–H groups in total. The zero-order valence-corrected chi connectivity index (χ0v) is 11.6. The SMILES string of the molecule is CCNCC1(CC2CCC(C)O2)CCCCC1. The second-order valence-corrected chi connectivity index (χ2v) is 6.19. The predicted octanol–water partition coefficient (Wildman–Crippen LogP) is 3.50. The highest BCUT2D eigenvalue weighted by molar-refractivity contribution is 4.89. The van der Waals surface area contributed by atoms with Crippen LogP contribution < -0.4 is 5.32 Å². The molecular weight excluding hydrogens is 210 g/mol. The van der Waals surface area contributed by atoms with E-state index in [1.807, 2.05) is 0 Å². The largest absolute Gasteiger partial charge is 0.375 e. The van der Waals surface area contributed by atoms with E-state index in [9.17, 15) is 0 Å². The Hall–Kier alpha value is -0.0800. The van der Waals surface area contributed by atoms with Gasteiger partial charge in [-0.1, -0.05) is 26.2 Å². The van der Waals surface area contributed by atoms with Crippen molar-refractivity contribution >= 4 is 0 Å². The van der Waals surface area contributed by atoms with Crippen molar-refractivity contribution in [3.63, 3.8) is 0 Å². The normalized spacial score (nSPS) is 32.8. The van der Waals surface area contributed by atoms with Crippen LogP contribution in [0.1, 0.15) is 65.2 Å². The first-order chi connectivity index (χ1) is 8.24. The minimum absolute atomic E-state index is 0.500. The lowest BCUT2D eigenvalue weighted by molar-refractivity contribution is 0.0108. The van der Waals surface area contributed by atoms with Gasteiger partial charge < -0.3 is 10.1 Å². The Morgan fingerprint density at radius 2 is 1.94 bits per heavy atom. The fourth-order valence-electron chi connectivity index (χ4n) is 3.66. The van der Waals surface area contributed by atoms with E-state index in [0.717, 1.165) is 6.54 Å². The van der Waals surface area contributed by atoms with Crippen molar-refractivity contribution in [3.8, 4) is 0 Å². The number of nitrogens with one attached hydrogen (secondary N) is 1. The topological polar surface area (TPSA) is 21.3 Å². The maximum absolute atomic E-state index is 6.04. The lowest BCUT2D eigenvalue weighted by Gasteiger charge is -2.39. The van der Waals surface area contributed by atoms with Crippen molar-refractivity contribution in [3.05, 3.63) is 0 Å². The third kappa shape index (κ3) is 3.69. The summed E-state index contributed by atoms with van der Waals surface area (Å²) in [6, 6.07) is 0. The number of ether oxygens (including phenoxy) is 1. The fraction of sp³-hybridized carbons (Fsp3) is 1.00. The summed E-state index contributed by atoms with van der Waals surface area (Å²) in [4.78, 5) is 0. The zero-order valence-electron chi connectivity index (χ0n) is 11.6. The Bertz CT molecular complexity index is 223. The minimum atomic E-state index is 0.500. The average Bonchev–Trinajstić information content (AvgIpc) is 2.73. The maximum Gasteiger partial charge on any atom is 0.0585 e. The van der Waals surface area contributed by atoms with Gasteiger partial charge in [0.15, 0.2) is 0 Å². The van der Waals surface area contributed by atoms with Gasteiger partial charge in [0, 0.05) is 6.54 Å². The Kier molecular flexibility index (Phi) is 4.87. The van der Waals surface area contributed by atoms with Crippen molar-refractivity contribution in [2.45, 2.75) is 77.4 Å². The summed E-state index contributed by atoms with van der Waals surface area (Å²) in [7, 11) is 0. The Balaban J connectivity index is 1.89. The summed E-state index contributed by atoms with van der Waals surface area (Å²) in [5.74, 6) is 0. The van der Waals surface area contributed by atoms with Crippen molar-refractivity contribution in [2.75, 3.05) is 13.1 Å². The van der Waals surface area contributed by atoms with Gasteiger partial charge in [-0.15, -0.1) is 0 Å². The molecule has 1 aliphatic heterocycles.